The maximum atomic E-state index is 12.4. The first-order valence-electron chi connectivity index (χ1n) is 7.44. The van der Waals surface area contributed by atoms with Crippen LogP contribution < -0.4 is 5.32 Å². The van der Waals surface area contributed by atoms with Crippen LogP contribution in [0.4, 0.5) is 5.69 Å². The largest absolute Gasteiger partial charge is 0.322 e. The molecule has 22 heavy (non-hydrogen) atoms. The van der Waals surface area contributed by atoms with E-state index < -0.39 is 0 Å². The predicted molar refractivity (Wildman–Crippen MR) is 88.4 cm³/mol. The standard InChI is InChI=1S/C18H19N3O/c1-4-16-13(3)21-11-14(7-10-17(21)20-16)18(22)19-15-8-5-12(2)6-9-15/h5-11H,4H2,1-3H3,(H,19,22). The predicted octanol–water partition coefficient (Wildman–Crippen LogP) is 3.77. The van der Waals surface area contributed by atoms with E-state index in [1.165, 1.54) is 5.56 Å². The average molecular weight is 293 g/mol. The number of aryl methyl sites for hydroxylation is 3. The molecule has 0 aliphatic heterocycles. The van der Waals surface area contributed by atoms with E-state index in [1.54, 1.807) is 0 Å². The monoisotopic (exact) mass is 293 g/mol. The number of hydrogen-bond donors (Lipinski definition) is 1. The van der Waals surface area contributed by atoms with Crippen molar-refractivity contribution in [3.8, 4) is 0 Å². The number of pyridine rings is 1. The Bertz CT molecular complexity index is 831. The Hall–Kier alpha value is -2.62. The molecule has 2 heterocycles. The molecule has 0 unspecified atom stereocenters. The molecule has 0 atom stereocenters. The van der Waals surface area contributed by atoms with Crippen molar-refractivity contribution in [2.45, 2.75) is 27.2 Å². The van der Waals surface area contributed by atoms with Crippen molar-refractivity contribution in [2.75, 3.05) is 5.32 Å². The van der Waals surface area contributed by atoms with E-state index in [2.05, 4.69) is 17.2 Å². The summed E-state index contributed by atoms with van der Waals surface area (Å²) in [6.07, 6.45) is 2.73. The van der Waals surface area contributed by atoms with Gasteiger partial charge in [-0.2, -0.15) is 0 Å². The Balaban J connectivity index is 1.90. The van der Waals surface area contributed by atoms with Crippen LogP contribution in [0.3, 0.4) is 0 Å². The molecule has 2 aromatic heterocycles. The number of carbonyl (C=O) groups is 1. The molecule has 1 amide bonds. The van der Waals surface area contributed by atoms with Gasteiger partial charge in [-0.15, -0.1) is 0 Å². The SMILES string of the molecule is CCc1nc2ccc(C(=O)Nc3ccc(C)cc3)cn2c1C. The maximum absolute atomic E-state index is 12.4. The summed E-state index contributed by atoms with van der Waals surface area (Å²) < 4.78 is 1.98. The van der Waals surface area contributed by atoms with Crippen LogP contribution in [-0.4, -0.2) is 15.3 Å². The van der Waals surface area contributed by atoms with Crippen LogP contribution >= 0.6 is 0 Å². The molecule has 0 radical (unpaired) electrons. The lowest BCUT2D eigenvalue weighted by molar-refractivity contribution is 0.102. The third-order valence-electron chi connectivity index (χ3n) is 3.86. The molecule has 0 aliphatic carbocycles. The Labute approximate surface area is 129 Å². The van der Waals surface area contributed by atoms with Crippen LogP contribution in [0, 0.1) is 13.8 Å². The highest BCUT2D eigenvalue weighted by Crippen LogP contribution is 2.15. The van der Waals surface area contributed by atoms with E-state index >= 15 is 0 Å². The highest BCUT2D eigenvalue weighted by Gasteiger charge is 2.11. The molecule has 3 aromatic rings. The number of benzene rings is 1. The molecule has 0 saturated carbocycles. The van der Waals surface area contributed by atoms with Crippen LogP contribution in [-0.2, 0) is 6.42 Å². The fourth-order valence-electron chi connectivity index (χ4n) is 2.52. The molecule has 1 aromatic carbocycles. The smallest absolute Gasteiger partial charge is 0.257 e. The zero-order chi connectivity index (χ0) is 15.7. The molecule has 112 valence electrons. The number of imidazole rings is 1. The van der Waals surface area contributed by atoms with E-state index in [1.807, 2.05) is 60.8 Å². The highest BCUT2D eigenvalue weighted by atomic mass is 16.1. The van der Waals surface area contributed by atoms with Gasteiger partial charge in [0.25, 0.3) is 5.91 Å². The van der Waals surface area contributed by atoms with Gasteiger partial charge in [-0.3, -0.25) is 4.79 Å². The number of amides is 1. The van der Waals surface area contributed by atoms with Gasteiger partial charge in [0.2, 0.25) is 0 Å². The van der Waals surface area contributed by atoms with Crippen molar-refractivity contribution in [1.29, 1.82) is 0 Å². The molecular weight excluding hydrogens is 274 g/mol. The third kappa shape index (κ3) is 2.60. The maximum Gasteiger partial charge on any atom is 0.257 e. The Morgan fingerprint density at radius 3 is 2.55 bits per heavy atom. The number of rotatable bonds is 3. The zero-order valence-electron chi connectivity index (χ0n) is 13.1. The minimum absolute atomic E-state index is 0.114. The number of anilines is 1. The summed E-state index contributed by atoms with van der Waals surface area (Å²) in [4.78, 5) is 16.9. The quantitative estimate of drug-likeness (QED) is 0.799. The molecule has 4 heteroatoms. The van der Waals surface area contributed by atoms with Gasteiger partial charge in [0.1, 0.15) is 5.65 Å². The lowest BCUT2D eigenvalue weighted by atomic mass is 10.2. The van der Waals surface area contributed by atoms with Crippen molar-refractivity contribution in [3.05, 3.63) is 65.1 Å². The molecule has 0 aliphatic rings. The van der Waals surface area contributed by atoms with Crippen LogP contribution in [0.5, 0.6) is 0 Å². The number of nitrogens with one attached hydrogen (secondary N) is 1. The van der Waals surface area contributed by atoms with Gasteiger partial charge in [0.05, 0.1) is 11.3 Å². The number of nitrogens with zero attached hydrogens (tertiary/aromatic N) is 2. The first kappa shape index (κ1) is 14.3. The topological polar surface area (TPSA) is 46.4 Å². The summed E-state index contributed by atoms with van der Waals surface area (Å²) in [6, 6.07) is 11.5. The Morgan fingerprint density at radius 1 is 1.14 bits per heavy atom. The van der Waals surface area contributed by atoms with Crippen LogP contribution in [0.15, 0.2) is 42.6 Å². The summed E-state index contributed by atoms with van der Waals surface area (Å²) in [7, 11) is 0. The van der Waals surface area contributed by atoms with E-state index in [9.17, 15) is 4.79 Å². The third-order valence-corrected chi connectivity index (χ3v) is 3.86. The molecule has 1 N–H and O–H groups in total. The molecule has 0 spiro atoms. The van der Waals surface area contributed by atoms with Gasteiger partial charge >= 0.3 is 0 Å². The average Bonchev–Trinajstić information content (AvgIpc) is 2.85. The lowest BCUT2D eigenvalue weighted by Gasteiger charge is -2.06. The molecule has 0 fully saturated rings. The molecule has 4 nitrogen and oxygen atoms in total. The van der Waals surface area contributed by atoms with Crippen molar-refractivity contribution in [1.82, 2.24) is 9.38 Å². The second-order valence-corrected chi connectivity index (χ2v) is 5.46. The second kappa shape index (κ2) is 5.64. The summed E-state index contributed by atoms with van der Waals surface area (Å²) in [5, 5.41) is 2.92. The minimum Gasteiger partial charge on any atom is -0.322 e. The van der Waals surface area contributed by atoms with Gasteiger partial charge in [-0.25, -0.2) is 4.98 Å². The Morgan fingerprint density at radius 2 is 1.86 bits per heavy atom. The summed E-state index contributed by atoms with van der Waals surface area (Å²) >= 11 is 0. The number of fused-ring (bicyclic) bond motifs is 1. The van der Waals surface area contributed by atoms with Crippen molar-refractivity contribution < 1.29 is 4.79 Å². The van der Waals surface area contributed by atoms with E-state index in [4.69, 9.17) is 0 Å². The van der Waals surface area contributed by atoms with Gasteiger partial charge in [-0.05, 0) is 44.5 Å². The number of carbonyl (C=O) groups excluding carboxylic acids is 1. The first-order valence-corrected chi connectivity index (χ1v) is 7.44. The summed E-state index contributed by atoms with van der Waals surface area (Å²) in [6.45, 7) is 6.13. The molecular formula is C18H19N3O. The molecule has 3 rings (SSSR count). The van der Waals surface area contributed by atoms with Crippen molar-refractivity contribution >= 4 is 17.2 Å². The lowest BCUT2D eigenvalue weighted by Crippen LogP contribution is -2.12. The summed E-state index contributed by atoms with van der Waals surface area (Å²) in [5.74, 6) is -0.114. The van der Waals surface area contributed by atoms with E-state index in [0.717, 1.165) is 29.1 Å². The van der Waals surface area contributed by atoms with Crippen LogP contribution in [0.1, 0.15) is 34.2 Å². The normalized spacial score (nSPS) is 10.9. The molecule has 0 bridgehead atoms. The fourth-order valence-corrected chi connectivity index (χ4v) is 2.52. The minimum atomic E-state index is -0.114. The van der Waals surface area contributed by atoms with Gasteiger partial charge in [-0.1, -0.05) is 24.6 Å². The van der Waals surface area contributed by atoms with Gasteiger partial charge in [0, 0.05) is 17.6 Å². The number of aromatic nitrogens is 2. The molecule has 0 saturated heterocycles. The van der Waals surface area contributed by atoms with E-state index in [-0.39, 0.29) is 5.91 Å². The summed E-state index contributed by atoms with van der Waals surface area (Å²) in [5.41, 5.74) is 5.61. The Kier molecular flexibility index (Phi) is 3.67. The highest BCUT2D eigenvalue weighted by molar-refractivity contribution is 6.04. The second-order valence-electron chi connectivity index (χ2n) is 5.46. The number of hydrogen-bond acceptors (Lipinski definition) is 2. The van der Waals surface area contributed by atoms with Crippen molar-refractivity contribution in [3.63, 3.8) is 0 Å². The van der Waals surface area contributed by atoms with Gasteiger partial charge in [0.15, 0.2) is 0 Å². The first-order chi connectivity index (χ1) is 10.6. The zero-order valence-corrected chi connectivity index (χ0v) is 13.1. The van der Waals surface area contributed by atoms with Crippen LogP contribution in [0.2, 0.25) is 0 Å². The van der Waals surface area contributed by atoms with Crippen molar-refractivity contribution in [2.24, 2.45) is 0 Å². The van der Waals surface area contributed by atoms with Gasteiger partial charge < -0.3 is 9.72 Å². The fraction of sp³-hybridized carbons (Fsp3) is 0.222. The van der Waals surface area contributed by atoms with E-state index in [0.29, 0.717) is 5.56 Å². The van der Waals surface area contributed by atoms with Crippen LogP contribution in [0.25, 0.3) is 5.65 Å².